The first-order chi connectivity index (χ1) is 26.2. The topological polar surface area (TPSA) is 38.9 Å². The Hall–Kier alpha value is -7.10. The van der Waals surface area contributed by atoms with Gasteiger partial charge in [0.25, 0.3) is 0 Å². The van der Waals surface area contributed by atoms with E-state index in [9.17, 15) is 0 Å². The summed E-state index contributed by atoms with van der Waals surface area (Å²) >= 11 is 0. The molecule has 53 heavy (non-hydrogen) atoms. The summed E-state index contributed by atoms with van der Waals surface area (Å²) in [5.41, 5.74) is 13.2. The van der Waals surface area contributed by atoms with Crippen LogP contribution in [0.1, 0.15) is 0 Å². The molecule has 3 nitrogen and oxygen atoms in total. The van der Waals surface area contributed by atoms with Gasteiger partial charge in [-0.2, -0.15) is 0 Å². The van der Waals surface area contributed by atoms with Crippen LogP contribution in [0.3, 0.4) is 0 Å². The number of nitrogens with zero attached hydrogens (tertiary/aromatic N) is 2. The van der Waals surface area contributed by atoms with Crippen LogP contribution in [0, 0.1) is 0 Å². The Morgan fingerprint density at radius 1 is 0.321 bits per heavy atom. The SMILES string of the molecule is c1ccc(-c2cc(-c3cc(-c4ccccc4)nc(-c4ccc(-c5cccc6ccccc56)cc4)n3)cc(-c3cccc4c3oc3ccccc34)c2)cc1. The largest absolute Gasteiger partial charge is 0.455 e. The highest BCUT2D eigenvalue weighted by atomic mass is 16.3. The fraction of sp³-hybridized carbons (Fsp3) is 0. The highest BCUT2D eigenvalue weighted by Gasteiger charge is 2.17. The number of aromatic nitrogens is 2. The zero-order valence-electron chi connectivity index (χ0n) is 28.8. The maximum Gasteiger partial charge on any atom is 0.160 e. The molecule has 0 bridgehead atoms. The van der Waals surface area contributed by atoms with Crippen molar-refractivity contribution in [1.29, 1.82) is 0 Å². The number of benzene rings is 8. The molecule has 0 saturated carbocycles. The molecule has 0 spiro atoms. The predicted octanol–water partition coefficient (Wildman–Crippen LogP) is 13.5. The van der Waals surface area contributed by atoms with Crippen molar-refractivity contribution in [3.63, 3.8) is 0 Å². The van der Waals surface area contributed by atoms with E-state index in [1.165, 1.54) is 16.3 Å². The number of furan rings is 1. The van der Waals surface area contributed by atoms with Crippen molar-refractivity contribution in [2.24, 2.45) is 0 Å². The van der Waals surface area contributed by atoms with Crippen molar-refractivity contribution >= 4 is 32.7 Å². The second kappa shape index (κ2) is 12.9. The van der Waals surface area contributed by atoms with Crippen molar-refractivity contribution in [1.82, 2.24) is 9.97 Å². The molecule has 0 aliphatic carbocycles. The quantitative estimate of drug-likeness (QED) is 0.176. The molecule has 2 heterocycles. The van der Waals surface area contributed by atoms with Gasteiger partial charge in [-0.05, 0) is 68.9 Å². The Labute approximate surface area is 307 Å². The summed E-state index contributed by atoms with van der Waals surface area (Å²) in [6.45, 7) is 0. The first kappa shape index (κ1) is 30.7. The van der Waals surface area contributed by atoms with Crippen LogP contribution in [0.5, 0.6) is 0 Å². The predicted molar refractivity (Wildman–Crippen MR) is 219 cm³/mol. The van der Waals surface area contributed by atoms with Gasteiger partial charge in [-0.25, -0.2) is 9.97 Å². The summed E-state index contributed by atoms with van der Waals surface area (Å²) < 4.78 is 6.52. The van der Waals surface area contributed by atoms with Crippen LogP contribution in [0.15, 0.2) is 199 Å². The van der Waals surface area contributed by atoms with Gasteiger partial charge in [-0.3, -0.25) is 0 Å². The maximum absolute atomic E-state index is 6.52. The Morgan fingerprint density at radius 3 is 1.70 bits per heavy atom. The zero-order valence-corrected chi connectivity index (χ0v) is 28.8. The van der Waals surface area contributed by atoms with Gasteiger partial charge in [-0.15, -0.1) is 0 Å². The lowest BCUT2D eigenvalue weighted by Crippen LogP contribution is -1.97. The Balaban J connectivity index is 1.15. The fourth-order valence-corrected chi connectivity index (χ4v) is 7.46. The van der Waals surface area contributed by atoms with E-state index >= 15 is 0 Å². The molecule has 2 aromatic heterocycles. The monoisotopic (exact) mass is 676 g/mol. The second-order valence-electron chi connectivity index (χ2n) is 13.4. The molecule has 0 N–H and O–H groups in total. The average molecular weight is 677 g/mol. The van der Waals surface area contributed by atoms with Crippen molar-refractivity contribution in [2.45, 2.75) is 0 Å². The molecule has 0 radical (unpaired) electrons. The fourth-order valence-electron chi connectivity index (χ4n) is 7.46. The molecule has 0 atom stereocenters. The van der Waals surface area contributed by atoms with Crippen molar-refractivity contribution in [2.75, 3.05) is 0 Å². The summed E-state index contributed by atoms with van der Waals surface area (Å²) in [5, 5.41) is 4.68. The van der Waals surface area contributed by atoms with E-state index < -0.39 is 0 Å². The van der Waals surface area contributed by atoms with Gasteiger partial charge in [0.05, 0.1) is 11.4 Å². The van der Waals surface area contributed by atoms with Crippen LogP contribution in [-0.2, 0) is 0 Å². The Morgan fingerprint density at radius 2 is 0.887 bits per heavy atom. The van der Waals surface area contributed by atoms with Crippen LogP contribution in [0.25, 0.3) is 100.0 Å². The number of rotatable bonds is 6. The van der Waals surface area contributed by atoms with E-state index in [4.69, 9.17) is 14.4 Å². The number of fused-ring (bicyclic) bond motifs is 4. The molecule has 8 aromatic carbocycles. The smallest absolute Gasteiger partial charge is 0.160 e. The summed E-state index contributed by atoms with van der Waals surface area (Å²) in [6.07, 6.45) is 0. The zero-order chi connectivity index (χ0) is 35.1. The molecule has 0 aliphatic rings. The molecular formula is C50H32N2O. The van der Waals surface area contributed by atoms with E-state index in [1.807, 2.05) is 18.2 Å². The Kier molecular flexibility index (Phi) is 7.47. The van der Waals surface area contributed by atoms with Crippen molar-refractivity contribution in [3.8, 4) is 67.3 Å². The normalized spacial score (nSPS) is 11.4. The van der Waals surface area contributed by atoms with E-state index in [1.54, 1.807) is 0 Å². The summed E-state index contributed by atoms with van der Waals surface area (Å²) in [5.74, 6) is 0.678. The molecule has 0 unspecified atom stereocenters. The van der Waals surface area contributed by atoms with E-state index in [-0.39, 0.29) is 0 Å². The standard InChI is InChI=1S/C50H32N2O/c1-3-13-33(14-4-1)38-29-39(43-22-12-23-45-44-20-9-10-24-48(44)53-49(43)45)31-40(30-38)47-32-46(36-16-5-2-6-17-36)51-50(52-47)37-27-25-35(26-28-37)42-21-11-18-34-15-7-8-19-41(34)42/h1-32H. The first-order valence-corrected chi connectivity index (χ1v) is 17.9. The second-order valence-corrected chi connectivity index (χ2v) is 13.4. The van der Waals surface area contributed by atoms with Gasteiger partial charge in [0.15, 0.2) is 5.82 Å². The third-order valence-electron chi connectivity index (χ3n) is 10.1. The Bertz CT molecular complexity index is 2920. The first-order valence-electron chi connectivity index (χ1n) is 17.9. The third-order valence-corrected chi connectivity index (χ3v) is 10.1. The van der Waals surface area contributed by atoms with Gasteiger partial charge >= 0.3 is 0 Å². The van der Waals surface area contributed by atoms with Gasteiger partial charge in [0.1, 0.15) is 11.2 Å². The van der Waals surface area contributed by atoms with Gasteiger partial charge in [0.2, 0.25) is 0 Å². The minimum atomic E-state index is 0.678. The molecule has 0 amide bonds. The molecule has 0 fully saturated rings. The van der Waals surface area contributed by atoms with E-state index in [0.29, 0.717) is 5.82 Å². The van der Waals surface area contributed by atoms with Crippen molar-refractivity contribution < 1.29 is 4.42 Å². The lowest BCUT2D eigenvalue weighted by atomic mass is 9.93. The van der Waals surface area contributed by atoms with Crippen LogP contribution < -0.4 is 0 Å². The minimum absolute atomic E-state index is 0.678. The summed E-state index contributed by atoms with van der Waals surface area (Å²) in [4.78, 5) is 10.4. The molecule has 10 aromatic rings. The van der Waals surface area contributed by atoms with Gasteiger partial charge in [-0.1, -0.05) is 164 Å². The number of para-hydroxylation sites is 2. The molecular weight excluding hydrogens is 645 g/mol. The maximum atomic E-state index is 6.52. The van der Waals surface area contributed by atoms with Gasteiger partial charge in [0, 0.05) is 33.0 Å². The lowest BCUT2D eigenvalue weighted by molar-refractivity contribution is 0.670. The average Bonchev–Trinajstić information content (AvgIpc) is 3.63. The molecule has 0 aliphatic heterocycles. The van der Waals surface area contributed by atoms with Crippen LogP contribution in [0.4, 0.5) is 0 Å². The van der Waals surface area contributed by atoms with Crippen molar-refractivity contribution in [3.05, 3.63) is 194 Å². The number of hydrogen-bond donors (Lipinski definition) is 0. The van der Waals surface area contributed by atoms with Crippen LogP contribution >= 0.6 is 0 Å². The molecule has 3 heteroatoms. The molecule has 0 saturated heterocycles. The van der Waals surface area contributed by atoms with Crippen LogP contribution in [-0.4, -0.2) is 9.97 Å². The minimum Gasteiger partial charge on any atom is -0.455 e. The third kappa shape index (κ3) is 5.65. The summed E-state index contributed by atoms with van der Waals surface area (Å²) in [7, 11) is 0. The molecule has 248 valence electrons. The lowest BCUT2D eigenvalue weighted by Gasteiger charge is -2.14. The van der Waals surface area contributed by atoms with Gasteiger partial charge < -0.3 is 4.42 Å². The molecule has 10 rings (SSSR count). The van der Waals surface area contributed by atoms with E-state index in [2.05, 4.69) is 176 Å². The van der Waals surface area contributed by atoms with Crippen LogP contribution in [0.2, 0.25) is 0 Å². The van der Waals surface area contributed by atoms with E-state index in [0.717, 1.165) is 77.8 Å². The highest BCUT2D eigenvalue weighted by Crippen LogP contribution is 2.40. The number of hydrogen-bond acceptors (Lipinski definition) is 3. The summed E-state index contributed by atoms with van der Waals surface area (Å²) in [6, 6.07) is 68.0. The highest BCUT2D eigenvalue weighted by molar-refractivity contribution is 6.10.